The largest absolute Gasteiger partial charge is 0.419 e. The maximum Gasteiger partial charge on any atom is 0.419 e. The lowest BCUT2D eigenvalue weighted by molar-refractivity contribution is -0.140. The van der Waals surface area contributed by atoms with Crippen LogP contribution in [0.3, 0.4) is 0 Å². The predicted octanol–water partition coefficient (Wildman–Crippen LogP) is 8.86. The minimum Gasteiger partial charge on any atom is -0.326 e. The molecular weight excluding hydrogens is 678 g/mol. The summed E-state index contributed by atoms with van der Waals surface area (Å²) in [6, 6.07) is 8.00. The Labute approximate surface area is 267 Å². The maximum absolute atomic E-state index is 15.1. The molecule has 3 aromatic carbocycles. The number of alkyl halides is 6. The number of Topliss-reactive ketones (excluding diaryl/α,β-unsaturated/α-hetero) is 2. The maximum atomic E-state index is 15.1. The van der Waals surface area contributed by atoms with Crippen molar-refractivity contribution in [1.82, 2.24) is 0 Å². The summed E-state index contributed by atoms with van der Waals surface area (Å²) < 4.78 is 81.0. The molecule has 3 aromatic rings. The zero-order valence-corrected chi connectivity index (χ0v) is 25.5. The number of benzene rings is 3. The first-order valence-electron chi connectivity index (χ1n) is 12.9. The Morgan fingerprint density at radius 2 is 1.61 bits per heavy atom. The minimum absolute atomic E-state index is 0.0358. The van der Waals surface area contributed by atoms with Crippen LogP contribution in [0.15, 0.2) is 48.5 Å². The third kappa shape index (κ3) is 7.36. The lowest BCUT2D eigenvalue weighted by Gasteiger charge is -2.12. The van der Waals surface area contributed by atoms with Gasteiger partial charge in [0.25, 0.3) is 0 Å². The van der Waals surface area contributed by atoms with E-state index in [4.69, 9.17) is 46.4 Å². The number of ketones is 2. The van der Waals surface area contributed by atoms with Gasteiger partial charge in [-0.05, 0) is 54.4 Å². The van der Waals surface area contributed by atoms with E-state index in [1.54, 1.807) is 6.92 Å². The molecule has 1 unspecified atom stereocenters. The van der Waals surface area contributed by atoms with Gasteiger partial charge in [0, 0.05) is 47.4 Å². The zero-order chi connectivity index (χ0) is 32.7. The van der Waals surface area contributed by atoms with Crippen LogP contribution < -0.4 is 5.32 Å². The van der Waals surface area contributed by atoms with Gasteiger partial charge in [-0.15, -0.1) is 34.8 Å². The van der Waals surface area contributed by atoms with Crippen LogP contribution in [0.2, 0.25) is 5.02 Å². The van der Waals surface area contributed by atoms with Crippen LogP contribution in [0.1, 0.15) is 51.9 Å². The number of nitrogens with one attached hydrogen (secondary N) is 1. The fourth-order valence-electron chi connectivity index (χ4n) is 4.85. The topological polar surface area (TPSA) is 63.2 Å². The number of carbonyl (C=O) groups excluding carboxylic acids is 3. The molecule has 1 N–H and O–H groups in total. The van der Waals surface area contributed by atoms with Crippen LogP contribution in [-0.2, 0) is 28.6 Å². The highest BCUT2D eigenvalue weighted by Gasteiger charge is 2.67. The van der Waals surface area contributed by atoms with E-state index in [1.165, 1.54) is 18.2 Å². The highest BCUT2D eigenvalue weighted by molar-refractivity contribution is 6.53. The molecule has 1 saturated carbocycles. The summed E-state index contributed by atoms with van der Waals surface area (Å²) in [7, 11) is 0. The van der Waals surface area contributed by atoms with Crippen molar-refractivity contribution in [1.29, 1.82) is 0 Å². The molecule has 1 fully saturated rings. The Bertz CT molecular complexity index is 1640. The number of anilines is 1. The third-order valence-corrected chi connectivity index (χ3v) is 8.45. The molecule has 0 spiro atoms. The minimum atomic E-state index is -4.99. The van der Waals surface area contributed by atoms with E-state index in [-0.39, 0.29) is 33.8 Å². The van der Waals surface area contributed by atoms with Crippen molar-refractivity contribution in [3.8, 4) is 0 Å². The molecule has 4 rings (SSSR count). The van der Waals surface area contributed by atoms with E-state index in [9.17, 15) is 36.3 Å². The molecule has 0 bridgehead atoms. The van der Waals surface area contributed by atoms with E-state index in [0.717, 1.165) is 18.2 Å². The highest BCUT2D eigenvalue weighted by Crippen LogP contribution is 2.65. The van der Waals surface area contributed by atoms with Crippen LogP contribution in [0.4, 0.5) is 32.0 Å². The van der Waals surface area contributed by atoms with Crippen molar-refractivity contribution >= 4 is 69.6 Å². The van der Waals surface area contributed by atoms with E-state index < -0.39 is 86.6 Å². The summed E-state index contributed by atoms with van der Waals surface area (Å²) in [4.78, 5) is 38.2. The van der Waals surface area contributed by atoms with Crippen LogP contribution in [-0.4, -0.2) is 27.2 Å². The first-order chi connectivity index (χ1) is 20.4. The van der Waals surface area contributed by atoms with Gasteiger partial charge in [0.05, 0.1) is 16.5 Å². The summed E-state index contributed by atoms with van der Waals surface area (Å²) in [5, 5.41) is 1.89. The molecule has 0 aromatic heterocycles. The molecule has 1 aliphatic rings. The van der Waals surface area contributed by atoms with Gasteiger partial charge in [-0.25, -0.2) is 13.2 Å². The second-order valence-corrected chi connectivity index (χ2v) is 12.9. The Balaban J connectivity index is 1.51. The number of amides is 1. The third-order valence-electron chi connectivity index (χ3n) is 7.03. The van der Waals surface area contributed by atoms with Gasteiger partial charge < -0.3 is 5.32 Å². The van der Waals surface area contributed by atoms with Crippen molar-refractivity contribution < 1.29 is 40.7 Å². The summed E-state index contributed by atoms with van der Waals surface area (Å²) in [5.41, 5.74) is -2.43. The zero-order valence-electron chi connectivity index (χ0n) is 22.5. The van der Waals surface area contributed by atoms with Crippen LogP contribution in [0, 0.1) is 23.4 Å². The molecule has 44 heavy (non-hydrogen) atoms. The normalized spacial score (nSPS) is 18.1. The smallest absolute Gasteiger partial charge is 0.326 e. The van der Waals surface area contributed by atoms with Gasteiger partial charge in [-0.2, -0.15) is 13.2 Å². The van der Waals surface area contributed by atoms with Crippen LogP contribution in [0.5, 0.6) is 0 Å². The quantitative estimate of drug-likeness (QED) is 0.131. The molecular formula is C30H21Cl4F6NO3. The van der Waals surface area contributed by atoms with E-state index in [2.05, 4.69) is 5.32 Å². The van der Waals surface area contributed by atoms with E-state index in [1.807, 2.05) is 0 Å². The fourth-order valence-corrected chi connectivity index (χ4v) is 6.08. The lowest BCUT2D eigenvalue weighted by atomic mass is 9.97. The van der Waals surface area contributed by atoms with E-state index >= 15 is 4.39 Å². The molecule has 0 heterocycles. The molecule has 1 aliphatic carbocycles. The lowest BCUT2D eigenvalue weighted by Crippen LogP contribution is -2.18. The van der Waals surface area contributed by atoms with Crippen molar-refractivity contribution in [3.63, 3.8) is 0 Å². The first-order valence-corrected chi connectivity index (χ1v) is 14.5. The second-order valence-electron chi connectivity index (χ2n) is 10.4. The van der Waals surface area contributed by atoms with Crippen molar-refractivity contribution in [2.24, 2.45) is 5.92 Å². The molecule has 0 saturated heterocycles. The summed E-state index contributed by atoms with van der Waals surface area (Å²) in [6.45, 7) is 1.56. The Morgan fingerprint density at radius 1 is 0.955 bits per heavy atom. The average Bonchev–Trinajstić information content (AvgIpc) is 3.50. The molecule has 0 aliphatic heterocycles. The SMILES string of the molecule is CC(Cl)CC(=O)Cc1c(F)ccc(CC(=O)c2cc(NC(=O)[C@H]3[C@H](c4ccc(F)c(C(F)(F)F)c4)C3(Cl)Cl)ccc2Cl)c1F. The molecule has 0 radical (unpaired) electrons. The molecule has 3 atom stereocenters. The van der Waals surface area contributed by atoms with Crippen LogP contribution in [0.25, 0.3) is 0 Å². The average molecular weight is 699 g/mol. The second kappa shape index (κ2) is 12.9. The summed E-state index contributed by atoms with van der Waals surface area (Å²) in [6.07, 6.45) is -6.22. The van der Waals surface area contributed by atoms with Crippen LogP contribution >= 0.6 is 46.4 Å². The van der Waals surface area contributed by atoms with Crippen molar-refractivity contribution in [3.05, 3.63) is 98.8 Å². The summed E-state index contributed by atoms with van der Waals surface area (Å²) in [5.74, 6) is -7.85. The Kier molecular flexibility index (Phi) is 10.00. The first kappa shape index (κ1) is 34.1. The van der Waals surface area contributed by atoms with Gasteiger partial charge in [-0.3, -0.25) is 14.4 Å². The molecule has 234 valence electrons. The molecule has 14 heteroatoms. The van der Waals surface area contributed by atoms with Gasteiger partial charge >= 0.3 is 6.18 Å². The Hall–Kier alpha value is -2.79. The standard InChI is InChI=1S/C30H21Cl4F6NO3/c1-13(31)8-17(42)12-19-22(35)6-3-15(27(19)37)10-24(43)18-11-16(4-5-21(18)32)41-28(44)26-25(29(26,33)34)14-2-7-23(36)20(9-14)30(38,39)40/h2-7,9,11,13,25-26H,8,10,12H2,1H3,(H,41,44)/t13?,25-,26+/m0/s1. The Morgan fingerprint density at radius 3 is 2.25 bits per heavy atom. The molecule has 4 nitrogen and oxygen atoms in total. The number of hydrogen-bond acceptors (Lipinski definition) is 3. The van der Waals surface area contributed by atoms with Crippen molar-refractivity contribution in [2.45, 2.75) is 48.0 Å². The number of halogens is 10. The van der Waals surface area contributed by atoms with E-state index in [0.29, 0.717) is 12.1 Å². The molecule has 1 amide bonds. The van der Waals surface area contributed by atoms with Gasteiger partial charge in [0.2, 0.25) is 5.91 Å². The van der Waals surface area contributed by atoms with Gasteiger partial charge in [0.1, 0.15) is 27.6 Å². The monoisotopic (exact) mass is 697 g/mol. The number of hydrogen-bond donors (Lipinski definition) is 1. The van der Waals surface area contributed by atoms with Crippen molar-refractivity contribution in [2.75, 3.05) is 5.32 Å². The predicted molar refractivity (Wildman–Crippen MR) is 155 cm³/mol. The number of rotatable bonds is 10. The van der Waals surface area contributed by atoms with Gasteiger partial charge in [0.15, 0.2) is 5.78 Å². The van der Waals surface area contributed by atoms with Gasteiger partial charge in [-0.1, -0.05) is 23.7 Å². The number of carbonyl (C=O) groups is 3. The summed E-state index contributed by atoms with van der Waals surface area (Å²) >= 11 is 24.4. The fraction of sp³-hybridized carbons (Fsp3) is 0.300. The highest BCUT2D eigenvalue weighted by atomic mass is 35.5.